The highest BCUT2D eigenvalue weighted by atomic mass is 127. The second kappa shape index (κ2) is 5.59. The number of aromatic nitrogens is 3. The van der Waals surface area contributed by atoms with E-state index in [4.69, 9.17) is 0 Å². The molecule has 2 N–H and O–H groups in total. The van der Waals surface area contributed by atoms with E-state index in [0.29, 0.717) is 11.8 Å². The van der Waals surface area contributed by atoms with Gasteiger partial charge in [-0.1, -0.05) is 30.3 Å². The second-order valence-electron chi connectivity index (χ2n) is 3.05. The summed E-state index contributed by atoms with van der Waals surface area (Å²) in [6, 6.07) is 9.58. The number of anilines is 1. The fraction of sp³-hybridized carbons (Fsp3) is 0.100. The van der Waals surface area contributed by atoms with E-state index in [0.717, 1.165) is 5.56 Å². The highest BCUT2D eigenvalue weighted by Gasteiger charge is 2.05. The van der Waals surface area contributed by atoms with Gasteiger partial charge in [0.15, 0.2) is 5.82 Å². The normalized spacial score (nSPS) is 9.31. The summed E-state index contributed by atoms with van der Waals surface area (Å²) >= 11 is 0. The zero-order valence-electron chi connectivity index (χ0n) is 8.60. The number of halogens is 1. The van der Waals surface area contributed by atoms with Gasteiger partial charge < -0.3 is 0 Å². The smallest absolute Gasteiger partial charge is 0.249 e. The van der Waals surface area contributed by atoms with E-state index in [1.807, 2.05) is 30.3 Å². The van der Waals surface area contributed by atoms with Gasteiger partial charge in [0.1, 0.15) is 0 Å². The van der Waals surface area contributed by atoms with Crippen LogP contribution in [0.1, 0.15) is 9.78 Å². The lowest BCUT2D eigenvalue weighted by atomic mass is 10.2. The van der Waals surface area contributed by atoms with Crippen LogP contribution in [0.15, 0.2) is 30.3 Å². The Kier molecular flexibility index (Phi) is 4.41. The Morgan fingerprint density at radius 3 is 2.69 bits per heavy atom. The van der Waals surface area contributed by atoms with E-state index in [1.165, 1.54) is 6.92 Å². The van der Waals surface area contributed by atoms with Crippen molar-refractivity contribution in [3.63, 3.8) is 0 Å². The minimum absolute atomic E-state index is 0. The zero-order valence-corrected chi connectivity index (χ0v) is 10.9. The van der Waals surface area contributed by atoms with E-state index < -0.39 is 0 Å². The predicted molar refractivity (Wildman–Crippen MR) is 75.8 cm³/mol. The van der Waals surface area contributed by atoms with Crippen LogP contribution in [0.3, 0.4) is 0 Å². The van der Waals surface area contributed by atoms with E-state index >= 15 is 0 Å². The summed E-state index contributed by atoms with van der Waals surface area (Å²) in [6.07, 6.45) is 0. The van der Waals surface area contributed by atoms with Crippen molar-refractivity contribution in [1.82, 2.24) is 15.2 Å². The Hall–Kier alpha value is -1.44. The molecule has 0 fully saturated rings. The highest BCUT2D eigenvalue weighted by Crippen LogP contribution is 2.14. The van der Waals surface area contributed by atoms with Crippen LogP contribution in [0.25, 0.3) is 11.4 Å². The Morgan fingerprint density at radius 2 is 2.06 bits per heavy atom. The van der Waals surface area contributed by atoms with Crippen molar-refractivity contribution in [2.75, 3.05) is 5.32 Å². The third kappa shape index (κ3) is 3.02. The Morgan fingerprint density at radius 1 is 1.38 bits per heavy atom. The molecule has 16 heavy (non-hydrogen) atoms. The molecule has 0 bridgehead atoms. The number of H-pyrrole nitrogens is 1. The van der Waals surface area contributed by atoms with Crippen molar-refractivity contribution in [1.29, 1.82) is 0 Å². The summed E-state index contributed by atoms with van der Waals surface area (Å²) in [5.74, 6) is 0.745. The minimum atomic E-state index is -0.186. The fourth-order valence-corrected chi connectivity index (χ4v) is 1.20. The molecule has 0 aliphatic heterocycles. The molecule has 88 valence electrons. The van der Waals surface area contributed by atoms with Crippen molar-refractivity contribution in [3.05, 3.63) is 30.3 Å². The predicted octanol–water partition coefficient (Wildman–Crippen LogP) is 2.54. The van der Waals surface area contributed by atoms with Gasteiger partial charge in [0.2, 0.25) is 11.9 Å². The van der Waals surface area contributed by atoms with Crippen molar-refractivity contribution < 1.29 is 7.65 Å². The lowest BCUT2D eigenvalue weighted by Crippen LogP contribution is -2.06. The average Bonchev–Trinajstić information content (AvgIpc) is 2.67. The standard InChI is InChI=1S/C10H10N4O.HI.2H2/c1-7(15)11-10-12-9(13-14-10)8-5-3-2-4-6-8;;;/h2-6H,1H3,(H2,11,12,13,14,15);3*1H. The number of benzene rings is 1. The topological polar surface area (TPSA) is 70.7 Å². The zero-order chi connectivity index (χ0) is 10.7. The van der Waals surface area contributed by atoms with Crippen molar-refractivity contribution >= 4 is 35.8 Å². The van der Waals surface area contributed by atoms with Gasteiger partial charge >= 0.3 is 0 Å². The lowest BCUT2D eigenvalue weighted by molar-refractivity contribution is -0.114. The first-order chi connectivity index (χ1) is 7.25. The molecule has 0 spiro atoms. The van der Waals surface area contributed by atoms with Gasteiger partial charge in [0, 0.05) is 15.3 Å². The third-order valence-electron chi connectivity index (χ3n) is 1.82. The van der Waals surface area contributed by atoms with Gasteiger partial charge in [-0.25, -0.2) is 0 Å². The van der Waals surface area contributed by atoms with E-state index in [-0.39, 0.29) is 32.7 Å². The molecular formula is C10H15IN4O. The SMILES string of the molecule is CC(=O)Nc1n[nH]c(-c2ccccc2)n1.I.[HH].[HH]. The maximum Gasteiger partial charge on any atom is 0.249 e. The molecule has 5 nitrogen and oxygen atoms in total. The molecule has 0 unspecified atom stereocenters. The summed E-state index contributed by atoms with van der Waals surface area (Å²) in [5, 5.41) is 9.12. The highest BCUT2D eigenvalue weighted by molar-refractivity contribution is 14.0. The van der Waals surface area contributed by atoms with Crippen LogP contribution >= 0.6 is 24.0 Å². The molecule has 2 rings (SSSR count). The third-order valence-corrected chi connectivity index (χ3v) is 1.82. The first kappa shape index (κ1) is 12.6. The maximum absolute atomic E-state index is 10.8. The summed E-state index contributed by atoms with van der Waals surface area (Å²) in [6.45, 7) is 1.42. The molecule has 1 aromatic heterocycles. The first-order valence-corrected chi connectivity index (χ1v) is 4.51. The molecule has 0 saturated heterocycles. The van der Waals surface area contributed by atoms with Gasteiger partial charge in [0.05, 0.1) is 0 Å². The van der Waals surface area contributed by atoms with E-state index in [9.17, 15) is 4.79 Å². The average molecular weight is 334 g/mol. The van der Waals surface area contributed by atoms with Crippen LogP contribution in [-0.2, 0) is 4.79 Å². The van der Waals surface area contributed by atoms with Gasteiger partial charge in [0.25, 0.3) is 0 Å². The Balaban J connectivity index is 0. The first-order valence-electron chi connectivity index (χ1n) is 4.51. The van der Waals surface area contributed by atoms with Crippen LogP contribution in [0.4, 0.5) is 5.95 Å². The molecule has 0 atom stereocenters. The molecule has 1 aromatic carbocycles. The van der Waals surface area contributed by atoms with Gasteiger partial charge in [-0.05, 0) is 0 Å². The molecule has 0 aliphatic carbocycles. The van der Waals surface area contributed by atoms with Crippen molar-refractivity contribution in [3.8, 4) is 11.4 Å². The van der Waals surface area contributed by atoms with E-state index in [2.05, 4.69) is 20.5 Å². The Labute approximate surface area is 113 Å². The number of carbonyl (C=O) groups is 1. The summed E-state index contributed by atoms with van der Waals surface area (Å²) < 4.78 is 0. The van der Waals surface area contributed by atoms with Crippen LogP contribution in [0.2, 0.25) is 0 Å². The largest absolute Gasteiger partial charge is 0.293 e. The molecule has 2 aromatic rings. The van der Waals surface area contributed by atoms with Crippen LogP contribution in [0, 0.1) is 0 Å². The molecular weight excluding hydrogens is 319 g/mol. The summed E-state index contributed by atoms with van der Waals surface area (Å²) in [4.78, 5) is 14.9. The van der Waals surface area contributed by atoms with Gasteiger partial charge in [-0.2, -0.15) is 4.98 Å². The molecule has 6 heteroatoms. The van der Waals surface area contributed by atoms with Crippen LogP contribution in [-0.4, -0.2) is 21.1 Å². The van der Waals surface area contributed by atoms with E-state index in [1.54, 1.807) is 0 Å². The molecule has 1 heterocycles. The number of hydrogen-bond donors (Lipinski definition) is 2. The van der Waals surface area contributed by atoms with Gasteiger partial charge in [-0.15, -0.1) is 29.1 Å². The lowest BCUT2D eigenvalue weighted by Gasteiger charge is -1.93. The summed E-state index contributed by atoms with van der Waals surface area (Å²) in [5.41, 5.74) is 0.932. The number of nitrogens with one attached hydrogen (secondary N) is 2. The molecule has 0 radical (unpaired) electrons. The minimum Gasteiger partial charge on any atom is -0.293 e. The second-order valence-corrected chi connectivity index (χ2v) is 3.05. The quantitative estimate of drug-likeness (QED) is 0.829. The Bertz CT molecular complexity index is 478. The van der Waals surface area contributed by atoms with Crippen LogP contribution < -0.4 is 5.32 Å². The summed E-state index contributed by atoms with van der Waals surface area (Å²) in [7, 11) is 0. The number of hydrogen-bond acceptors (Lipinski definition) is 3. The number of rotatable bonds is 2. The monoisotopic (exact) mass is 334 g/mol. The molecule has 0 saturated carbocycles. The van der Waals surface area contributed by atoms with Crippen molar-refractivity contribution in [2.24, 2.45) is 0 Å². The fourth-order valence-electron chi connectivity index (χ4n) is 1.20. The number of carbonyl (C=O) groups excluding carboxylic acids is 1. The number of nitrogens with zero attached hydrogens (tertiary/aromatic N) is 2. The van der Waals surface area contributed by atoms with Crippen LogP contribution in [0.5, 0.6) is 0 Å². The number of aromatic amines is 1. The number of amides is 1. The molecule has 0 aliphatic rings. The molecule has 1 amide bonds. The van der Waals surface area contributed by atoms with Gasteiger partial charge in [-0.3, -0.25) is 15.2 Å². The van der Waals surface area contributed by atoms with Crippen molar-refractivity contribution in [2.45, 2.75) is 6.92 Å². The maximum atomic E-state index is 10.8.